The first-order valence-electron chi connectivity index (χ1n) is 10.4. The van der Waals surface area contributed by atoms with Gasteiger partial charge in [0.05, 0.1) is 16.1 Å². The fraction of sp³-hybridized carbons (Fsp3) is 0.280. The van der Waals surface area contributed by atoms with Gasteiger partial charge in [-0.1, -0.05) is 146 Å². The molecule has 29 heavy (non-hydrogen) atoms. The lowest BCUT2D eigenvalue weighted by Crippen LogP contribution is -2.89. The van der Waals surface area contributed by atoms with Crippen LogP contribution in [0.3, 0.4) is 0 Å². The first-order valence-corrected chi connectivity index (χ1v) is 20.2. The highest BCUT2D eigenvalue weighted by molar-refractivity contribution is 9.12. The topological polar surface area (TPSA) is 0 Å². The van der Waals surface area contributed by atoms with Crippen molar-refractivity contribution < 1.29 is 0 Å². The van der Waals surface area contributed by atoms with Gasteiger partial charge < -0.3 is 0 Å². The second-order valence-corrected chi connectivity index (χ2v) is 29.4. The van der Waals surface area contributed by atoms with Crippen molar-refractivity contribution >= 4 is 55.7 Å². The van der Waals surface area contributed by atoms with E-state index in [0.717, 1.165) is 0 Å². The van der Waals surface area contributed by atoms with Crippen molar-refractivity contribution in [1.29, 1.82) is 0 Å². The Bertz CT molecular complexity index is 816. The minimum Gasteiger partial charge on any atom is -0.0943 e. The molecular formula is C25H33BrSi3. The Morgan fingerprint density at radius 2 is 0.724 bits per heavy atom. The van der Waals surface area contributed by atoms with Crippen molar-refractivity contribution in [2.75, 3.05) is 0 Å². The summed E-state index contributed by atoms with van der Waals surface area (Å²) in [5.74, 6) is 0. The third kappa shape index (κ3) is 3.58. The molecule has 0 heterocycles. The summed E-state index contributed by atoms with van der Waals surface area (Å²) < 4.78 is 0.129. The van der Waals surface area contributed by atoms with Crippen molar-refractivity contribution in [3.8, 4) is 0 Å². The highest BCUT2D eigenvalue weighted by Gasteiger charge is 2.66. The lowest BCUT2D eigenvalue weighted by atomic mass is 10.3. The van der Waals surface area contributed by atoms with E-state index in [2.05, 4.69) is 146 Å². The van der Waals surface area contributed by atoms with Gasteiger partial charge in [-0.25, -0.2) is 0 Å². The van der Waals surface area contributed by atoms with Crippen molar-refractivity contribution in [2.45, 2.75) is 42.5 Å². The molecule has 0 aliphatic heterocycles. The molecule has 0 atom stereocenters. The van der Waals surface area contributed by atoms with Crippen LogP contribution in [-0.2, 0) is 0 Å². The van der Waals surface area contributed by atoms with E-state index in [1.807, 2.05) is 0 Å². The van der Waals surface area contributed by atoms with E-state index in [1.54, 1.807) is 0 Å². The molecule has 3 aromatic rings. The van der Waals surface area contributed by atoms with Crippen molar-refractivity contribution in [3.63, 3.8) is 0 Å². The monoisotopic (exact) mass is 496 g/mol. The third-order valence-corrected chi connectivity index (χ3v) is 35.1. The van der Waals surface area contributed by atoms with Crippen LogP contribution < -0.4 is 15.6 Å². The molecule has 0 saturated heterocycles. The summed E-state index contributed by atoms with van der Waals surface area (Å²) in [7, 11) is -5.79. The van der Waals surface area contributed by atoms with E-state index < -0.39 is 24.2 Å². The van der Waals surface area contributed by atoms with Crippen LogP contribution in [0, 0.1) is 0 Å². The van der Waals surface area contributed by atoms with Gasteiger partial charge in [-0.15, -0.1) is 0 Å². The van der Waals surface area contributed by atoms with E-state index >= 15 is 0 Å². The third-order valence-electron chi connectivity index (χ3n) is 6.20. The molecule has 3 rings (SSSR count). The van der Waals surface area contributed by atoms with E-state index in [9.17, 15) is 0 Å². The van der Waals surface area contributed by atoms with Crippen molar-refractivity contribution in [1.82, 2.24) is 0 Å². The van der Waals surface area contributed by atoms with E-state index in [4.69, 9.17) is 0 Å². The molecule has 152 valence electrons. The Balaban J connectivity index is 2.60. The quantitative estimate of drug-likeness (QED) is 0.237. The number of hydrogen-bond donors (Lipinski definition) is 0. The molecule has 0 amide bonds. The van der Waals surface area contributed by atoms with Crippen LogP contribution in [0.2, 0.25) is 39.3 Å². The molecule has 0 aliphatic carbocycles. The van der Waals surface area contributed by atoms with Gasteiger partial charge in [-0.05, 0) is 15.6 Å². The zero-order valence-corrected chi connectivity index (χ0v) is 23.1. The molecule has 0 aliphatic rings. The summed E-state index contributed by atoms with van der Waals surface area (Å²) in [5.41, 5.74) is 0. The molecule has 0 N–H and O–H groups in total. The van der Waals surface area contributed by atoms with Crippen LogP contribution in [0.15, 0.2) is 91.0 Å². The van der Waals surface area contributed by atoms with Gasteiger partial charge >= 0.3 is 0 Å². The standard InChI is InChI=1S/C25H33BrSi3/c1-27(2,3)25(26,28(4,5)6)29(22-16-10-7-11-17-22,23-18-12-8-13-19-23)24-20-14-9-15-21-24/h7-21H,1-6H3. The highest BCUT2D eigenvalue weighted by Crippen LogP contribution is 2.45. The van der Waals surface area contributed by atoms with Crippen LogP contribution in [0.4, 0.5) is 0 Å². The van der Waals surface area contributed by atoms with Gasteiger partial charge in [0.1, 0.15) is 0 Å². The van der Waals surface area contributed by atoms with Gasteiger partial charge in [-0.3, -0.25) is 0 Å². The number of benzene rings is 3. The second-order valence-electron chi connectivity index (χ2n) is 10.0. The lowest BCUT2D eigenvalue weighted by Gasteiger charge is -2.59. The largest absolute Gasteiger partial charge is 0.159 e. The molecule has 0 radical (unpaired) electrons. The Hall–Kier alpha value is -1.21. The van der Waals surface area contributed by atoms with Gasteiger partial charge in [0.2, 0.25) is 0 Å². The minimum absolute atomic E-state index is 0.129. The number of hydrogen-bond acceptors (Lipinski definition) is 0. The molecule has 3 aromatic carbocycles. The molecule has 0 unspecified atom stereocenters. The summed E-state index contributed by atoms with van der Waals surface area (Å²) in [6.45, 7) is 15.4. The maximum absolute atomic E-state index is 4.65. The Labute approximate surface area is 188 Å². The lowest BCUT2D eigenvalue weighted by molar-refractivity contribution is 1.34. The normalized spacial score (nSPS) is 13.3. The van der Waals surface area contributed by atoms with Crippen LogP contribution >= 0.6 is 15.9 Å². The first kappa shape index (κ1) is 22.5. The Morgan fingerprint density at radius 1 is 0.483 bits per heavy atom. The highest BCUT2D eigenvalue weighted by atomic mass is 79.9. The summed E-state index contributed by atoms with van der Waals surface area (Å²) in [5, 5.41) is 4.54. The number of alkyl halides is 1. The Kier molecular flexibility index (Phi) is 6.31. The van der Waals surface area contributed by atoms with Gasteiger partial charge in [0.15, 0.2) is 8.07 Å². The molecule has 0 nitrogen and oxygen atoms in total. The molecule has 0 fully saturated rings. The second kappa shape index (κ2) is 8.14. The number of halogens is 1. The van der Waals surface area contributed by atoms with E-state index in [0.29, 0.717) is 0 Å². The predicted molar refractivity (Wildman–Crippen MR) is 142 cm³/mol. The van der Waals surface area contributed by atoms with Crippen LogP contribution in [0.5, 0.6) is 0 Å². The summed E-state index contributed by atoms with van der Waals surface area (Å²) in [4.78, 5) is 0. The Morgan fingerprint density at radius 3 is 0.931 bits per heavy atom. The zero-order chi connectivity index (χ0) is 21.3. The van der Waals surface area contributed by atoms with Crippen molar-refractivity contribution in [3.05, 3.63) is 91.0 Å². The zero-order valence-electron chi connectivity index (χ0n) is 18.5. The molecule has 0 saturated carbocycles. The maximum Gasteiger partial charge on any atom is 0.159 e. The molecule has 0 spiro atoms. The number of rotatable bonds is 6. The average molecular weight is 498 g/mol. The van der Waals surface area contributed by atoms with Gasteiger partial charge in [0, 0.05) is 3.19 Å². The molecular weight excluding hydrogens is 464 g/mol. The predicted octanol–water partition coefficient (Wildman–Crippen LogP) is 5.58. The minimum atomic E-state index is -2.41. The summed E-state index contributed by atoms with van der Waals surface area (Å²) >= 11 is 4.65. The molecule has 0 aromatic heterocycles. The van der Waals surface area contributed by atoms with E-state index in [1.165, 1.54) is 15.6 Å². The first-order chi connectivity index (χ1) is 13.6. The van der Waals surface area contributed by atoms with Gasteiger partial charge in [-0.2, -0.15) is 0 Å². The maximum atomic E-state index is 4.65. The van der Waals surface area contributed by atoms with Gasteiger partial charge in [0.25, 0.3) is 0 Å². The van der Waals surface area contributed by atoms with Crippen LogP contribution in [0.1, 0.15) is 0 Å². The van der Waals surface area contributed by atoms with E-state index in [-0.39, 0.29) is 3.19 Å². The summed E-state index contributed by atoms with van der Waals surface area (Å²) in [6.07, 6.45) is 0. The molecule has 0 bridgehead atoms. The summed E-state index contributed by atoms with van der Waals surface area (Å²) in [6, 6.07) is 34.2. The smallest absolute Gasteiger partial charge is 0.0943 e. The van der Waals surface area contributed by atoms with Crippen LogP contribution in [0.25, 0.3) is 0 Å². The van der Waals surface area contributed by atoms with Crippen molar-refractivity contribution in [2.24, 2.45) is 0 Å². The fourth-order valence-corrected chi connectivity index (χ4v) is 32.3. The fourth-order valence-electron chi connectivity index (χ4n) is 5.41. The average Bonchev–Trinajstić information content (AvgIpc) is 2.69. The SMILES string of the molecule is C[Si](C)(C)C(Br)([Si](C)(C)C)[Si](c1ccccc1)(c1ccccc1)c1ccccc1. The molecule has 4 heteroatoms. The van der Waals surface area contributed by atoms with Crippen LogP contribution in [-0.4, -0.2) is 27.4 Å².